The summed E-state index contributed by atoms with van der Waals surface area (Å²) in [5.74, 6) is 1.25. The zero-order valence-electron chi connectivity index (χ0n) is 18.5. The molecule has 1 aromatic heterocycles. The van der Waals surface area contributed by atoms with Crippen molar-refractivity contribution < 1.29 is 28.5 Å². The molecule has 4 rings (SSSR count). The number of benzene rings is 2. The number of aryl methyl sites for hydroxylation is 1. The van der Waals surface area contributed by atoms with Gasteiger partial charge in [0.25, 0.3) is 5.97 Å². The normalized spacial score (nSPS) is 14.3. The van der Waals surface area contributed by atoms with Crippen LogP contribution in [0.1, 0.15) is 48.3 Å². The Labute approximate surface area is 185 Å². The van der Waals surface area contributed by atoms with E-state index in [1.807, 2.05) is 30.3 Å². The van der Waals surface area contributed by atoms with E-state index in [0.29, 0.717) is 17.3 Å². The number of para-hydroxylation sites is 1. The molecule has 0 amide bonds. The number of hydrogen-bond donors (Lipinski definition) is 1. The minimum Gasteiger partial charge on any atom is -0.493 e. The van der Waals surface area contributed by atoms with Crippen LogP contribution in [0.15, 0.2) is 36.4 Å². The fourth-order valence-corrected chi connectivity index (χ4v) is 3.67. The fourth-order valence-electron chi connectivity index (χ4n) is 3.67. The molecule has 1 atom stereocenters. The first-order chi connectivity index (χ1) is 15.4. The van der Waals surface area contributed by atoms with Gasteiger partial charge in [-0.25, -0.2) is 4.39 Å². The van der Waals surface area contributed by atoms with E-state index in [9.17, 15) is 4.39 Å². The third-order valence-corrected chi connectivity index (χ3v) is 5.04. The predicted octanol–water partition coefficient (Wildman–Crippen LogP) is 4.03. The number of carbonyl (C=O) groups is 1. The lowest BCUT2D eigenvalue weighted by Crippen LogP contribution is -2.10. The number of fused-ring (bicyclic) bond motifs is 3. The van der Waals surface area contributed by atoms with E-state index in [4.69, 9.17) is 24.1 Å². The number of carboxylic acids is 1. The molecule has 1 aliphatic heterocycles. The van der Waals surface area contributed by atoms with Crippen LogP contribution in [0.25, 0.3) is 5.69 Å². The second kappa shape index (κ2) is 10.2. The molecule has 1 N–H and O–H groups in total. The molecule has 0 radical (unpaired) electrons. The van der Waals surface area contributed by atoms with Gasteiger partial charge in [0.1, 0.15) is 19.4 Å². The molecule has 0 unspecified atom stereocenters. The van der Waals surface area contributed by atoms with Gasteiger partial charge in [-0.1, -0.05) is 31.2 Å². The quantitative estimate of drug-likeness (QED) is 0.636. The van der Waals surface area contributed by atoms with Crippen LogP contribution in [0.5, 0.6) is 11.5 Å². The van der Waals surface area contributed by atoms with E-state index in [0.717, 1.165) is 35.7 Å². The highest BCUT2D eigenvalue weighted by atomic mass is 19.1. The van der Waals surface area contributed by atoms with Gasteiger partial charge in [-0.2, -0.15) is 0 Å². The average molecular weight is 443 g/mol. The Hall–Kier alpha value is -3.46. The van der Waals surface area contributed by atoms with Crippen LogP contribution < -0.4 is 9.47 Å². The topological polar surface area (TPSA) is 95.7 Å². The van der Waals surface area contributed by atoms with Crippen molar-refractivity contribution in [3.8, 4) is 17.2 Å². The van der Waals surface area contributed by atoms with Crippen molar-refractivity contribution >= 4 is 5.97 Å². The average Bonchev–Trinajstić information content (AvgIpc) is 3.13. The van der Waals surface area contributed by atoms with E-state index < -0.39 is 18.7 Å². The summed E-state index contributed by atoms with van der Waals surface area (Å²) < 4.78 is 32.7. The van der Waals surface area contributed by atoms with Crippen molar-refractivity contribution in [3.05, 3.63) is 64.7 Å². The van der Waals surface area contributed by atoms with E-state index in [-0.39, 0.29) is 12.4 Å². The molecule has 0 saturated carbocycles. The smallest absolute Gasteiger partial charge is 0.300 e. The Morgan fingerprint density at radius 2 is 1.97 bits per heavy atom. The molecule has 2 aromatic carbocycles. The van der Waals surface area contributed by atoms with Gasteiger partial charge >= 0.3 is 0 Å². The molecule has 0 saturated heterocycles. The summed E-state index contributed by atoms with van der Waals surface area (Å²) in [5, 5.41) is 15.5. The lowest BCUT2D eigenvalue weighted by molar-refractivity contribution is -0.134. The van der Waals surface area contributed by atoms with Crippen LogP contribution >= 0.6 is 0 Å². The van der Waals surface area contributed by atoms with Gasteiger partial charge in [0.15, 0.2) is 23.1 Å². The Kier molecular flexibility index (Phi) is 7.42. The van der Waals surface area contributed by atoms with Crippen molar-refractivity contribution in [2.45, 2.75) is 39.7 Å². The highest BCUT2D eigenvalue weighted by Gasteiger charge is 2.30. The summed E-state index contributed by atoms with van der Waals surface area (Å²) in [6, 6.07) is 11.8. The molecule has 9 heteroatoms. The number of methoxy groups -OCH3 is 2. The Morgan fingerprint density at radius 3 is 2.59 bits per heavy atom. The molecular formula is C23H26FN3O5. The van der Waals surface area contributed by atoms with Crippen molar-refractivity contribution in [2.75, 3.05) is 14.2 Å². The van der Waals surface area contributed by atoms with Gasteiger partial charge in [0, 0.05) is 18.1 Å². The number of alkyl halides is 1. The van der Waals surface area contributed by atoms with Gasteiger partial charge in [0.05, 0.1) is 19.9 Å². The molecule has 170 valence electrons. The molecule has 0 aliphatic carbocycles. The number of hydrogen-bond acceptors (Lipinski definition) is 6. The maximum absolute atomic E-state index is 13.6. The first-order valence-electron chi connectivity index (χ1n) is 10.1. The first kappa shape index (κ1) is 23.2. The summed E-state index contributed by atoms with van der Waals surface area (Å²) in [6.07, 6.45) is 0.459. The number of rotatable bonds is 5. The molecular weight excluding hydrogens is 417 g/mol. The first-order valence-corrected chi connectivity index (χ1v) is 10.1. The minimum absolute atomic E-state index is 0.203. The SMILES string of the molecule is CC(=O)O.CCc1ccc2c(c1)[C@@H](c1cccc(OC)c1OC)OCc1nnc(CF)n1-2. The van der Waals surface area contributed by atoms with Crippen molar-refractivity contribution in [1.29, 1.82) is 0 Å². The van der Waals surface area contributed by atoms with Gasteiger partial charge < -0.3 is 19.3 Å². The second-order valence-corrected chi connectivity index (χ2v) is 7.04. The number of aliphatic carboxylic acids is 1. The van der Waals surface area contributed by atoms with Gasteiger partial charge in [0.2, 0.25) is 0 Å². The number of ether oxygens (including phenoxy) is 3. The third-order valence-electron chi connectivity index (χ3n) is 5.04. The van der Waals surface area contributed by atoms with Crippen molar-refractivity contribution in [1.82, 2.24) is 14.8 Å². The van der Waals surface area contributed by atoms with Crippen LogP contribution in [0, 0.1) is 0 Å². The van der Waals surface area contributed by atoms with E-state index in [1.54, 1.807) is 18.8 Å². The standard InChI is InChI=1S/C21H22FN3O3.C2H4O2/c1-4-13-8-9-16-15(10-13)20(14-6-5-7-17(26-2)21(14)27-3)28-12-19-24-23-18(11-22)25(16)19;1-2(3)4/h5-10,20H,4,11-12H2,1-3H3;1H3,(H,3,4)/t20-;/m1./s1. The van der Waals surface area contributed by atoms with Crippen LogP contribution in [0.3, 0.4) is 0 Å². The Morgan fingerprint density at radius 1 is 1.22 bits per heavy atom. The summed E-state index contributed by atoms with van der Waals surface area (Å²) >= 11 is 0. The largest absolute Gasteiger partial charge is 0.493 e. The van der Waals surface area contributed by atoms with Crippen LogP contribution in [0.4, 0.5) is 4.39 Å². The number of aromatic nitrogens is 3. The van der Waals surface area contributed by atoms with E-state index in [2.05, 4.69) is 23.2 Å². The molecule has 0 spiro atoms. The summed E-state index contributed by atoms with van der Waals surface area (Å²) in [6.45, 7) is 2.68. The van der Waals surface area contributed by atoms with E-state index >= 15 is 0 Å². The van der Waals surface area contributed by atoms with E-state index in [1.165, 1.54) is 0 Å². The maximum Gasteiger partial charge on any atom is 0.300 e. The number of carboxylic acid groups (broad SMARTS) is 1. The highest BCUT2D eigenvalue weighted by Crippen LogP contribution is 2.42. The lowest BCUT2D eigenvalue weighted by atomic mass is 9.96. The molecule has 0 fully saturated rings. The summed E-state index contributed by atoms with van der Waals surface area (Å²) in [4.78, 5) is 9.00. The van der Waals surface area contributed by atoms with Gasteiger partial charge in [-0.05, 0) is 24.1 Å². The Balaban J connectivity index is 0.000000668. The second-order valence-electron chi connectivity index (χ2n) is 7.04. The minimum atomic E-state index is -0.833. The molecule has 8 nitrogen and oxygen atoms in total. The zero-order chi connectivity index (χ0) is 23.3. The fraction of sp³-hybridized carbons (Fsp3) is 0.348. The number of nitrogens with zero attached hydrogens (tertiary/aromatic N) is 3. The molecule has 0 bridgehead atoms. The maximum atomic E-state index is 13.6. The zero-order valence-corrected chi connectivity index (χ0v) is 18.5. The number of halogens is 1. The molecule has 32 heavy (non-hydrogen) atoms. The highest BCUT2D eigenvalue weighted by molar-refractivity contribution is 5.63. The summed E-state index contributed by atoms with van der Waals surface area (Å²) in [5.41, 5.74) is 3.74. The molecule has 1 aliphatic rings. The van der Waals surface area contributed by atoms with Crippen LogP contribution in [0.2, 0.25) is 0 Å². The van der Waals surface area contributed by atoms with Crippen LogP contribution in [-0.2, 0) is 29.2 Å². The van der Waals surface area contributed by atoms with Gasteiger partial charge in [-0.3, -0.25) is 9.36 Å². The molecule has 3 aromatic rings. The summed E-state index contributed by atoms with van der Waals surface area (Å²) in [7, 11) is 3.21. The predicted molar refractivity (Wildman–Crippen MR) is 115 cm³/mol. The third kappa shape index (κ3) is 4.57. The van der Waals surface area contributed by atoms with Gasteiger partial charge in [-0.15, -0.1) is 10.2 Å². The van der Waals surface area contributed by atoms with Crippen molar-refractivity contribution in [2.24, 2.45) is 0 Å². The Bertz CT molecular complexity index is 1100. The van der Waals surface area contributed by atoms with Crippen LogP contribution in [-0.4, -0.2) is 40.1 Å². The monoisotopic (exact) mass is 443 g/mol. The molecule has 2 heterocycles. The lowest BCUT2D eigenvalue weighted by Gasteiger charge is -2.22. The van der Waals surface area contributed by atoms with Crippen molar-refractivity contribution in [3.63, 3.8) is 0 Å².